The van der Waals surface area contributed by atoms with Gasteiger partial charge in [0.1, 0.15) is 13.2 Å². The third-order valence-electron chi connectivity index (χ3n) is 12.4. The number of hydrogen-bond donors (Lipinski definition) is 0. The molecule has 0 aliphatic carbocycles. The molecule has 0 bridgehead atoms. The molecule has 414 valence electrons. The predicted molar refractivity (Wildman–Crippen MR) is 316 cm³/mol. The highest BCUT2D eigenvalue weighted by Gasteiger charge is 2.19. The summed E-state index contributed by atoms with van der Waals surface area (Å²) in [5, 5.41) is 0. The molecular formula is C67H110O6. The van der Waals surface area contributed by atoms with Crippen LogP contribution in [0.4, 0.5) is 0 Å². The molecule has 73 heavy (non-hydrogen) atoms. The van der Waals surface area contributed by atoms with E-state index in [9.17, 15) is 14.4 Å². The van der Waals surface area contributed by atoms with Gasteiger partial charge in [-0.05, 0) is 141 Å². The molecule has 1 atom stereocenters. The molecular weight excluding hydrogens is 901 g/mol. The van der Waals surface area contributed by atoms with Crippen LogP contribution in [0.2, 0.25) is 0 Å². The Hall–Kier alpha value is -4.19. The number of hydrogen-bond acceptors (Lipinski definition) is 6. The van der Waals surface area contributed by atoms with Gasteiger partial charge in [-0.2, -0.15) is 0 Å². The van der Waals surface area contributed by atoms with Crippen LogP contribution in [0.5, 0.6) is 0 Å². The van der Waals surface area contributed by atoms with E-state index in [1.54, 1.807) is 0 Å². The molecule has 0 fully saturated rings. The van der Waals surface area contributed by atoms with Crippen molar-refractivity contribution in [1.29, 1.82) is 0 Å². The average molecular weight is 1010 g/mol. The molecule has 0 N–H and O–H groups in total. The molecule has 0 aromatic heterocycles. The summed E-state index contributed by atoms with van der Waals surface area (Å²) in [7, 11) is 0. The van der Waals surface area contributed by atoms with E-state index in [-0.39, 0.29) is 31.1 Å². The summed E-state index contributed by atoms with van der Waals surface area (Å²) in [6.45, 7) is 6.50. The smallest absolute Gasteiger partial charge is 0.306 e. The van der Waals surface area contributed by atoms with E-state index < -0.39 is 6.10 Å². The Balaban J connectivity index is 4.53. The van der Waals surface area contributed by atoms with E-state index in [0.717, 1.165) is 135 Å². The van der Waals surface area contributed by atoms with Crippen LogP contribution in [0.25, 0.3) is 0 Å². The lowest BCUT2D eigenvalue weighted by Crippen LogP contribution is -2.30. The van der Waals surface area contributed by atoms with Crippen LogP contribution in [-0.4, -0.2) is 37.2 Å². The fourth-order valence-corrected chi connectivity index (χ4v) is 7.85. The Kier molecular flexibility index (Phi) is 56.9. The zero-order chi connectivity index (χ0) is 52.9. The second-order valence-electron chi connectivity index (χ2n) is 19.5. The molecule has 0 aromatic rings. The third-order valence-corrected chi connectivity index (χ3v) is 12.4. The maximum atomic E-state index is 12.9. The number of carbonyl (C=O) groups is 3. The van der Waals surface area contributed by atoms with Gasteiger partial charge < -0.3 is 14.2 Å². The largest absolute Gasteiger partial charge is 0.462 e. The zero-order valence-electron chi connectivity index (χ0n) is 47.4. The first kappa shape index (κ1) is 68.8. The van der Waals surface area contributed by atoms with Crippen molar-refractivity contribution in [2.75, 3.05) is 13.2 Å². The summed E-state index contributed by atoms with van der Waals surface area (Å²) in [4.78, 5) is 38.2. The van der Waals surface area contributed by atoms with Crippen LogP contribution in [0.1, 0.15) is 265 Å². The Morgan fingerprint density at radius 1 is 0.274 bits per heavy atom. The minimum atomic E-state index is -0.813. The molecule has 6 heteroatoms. The molecule has 0 saturated carbocycles. The van der Waals surface area contributed by atoms with Gasteiger partial charge in [0, 0.05) is 19.3 Å². The fraction of sp³-hybridized carbons (Fsp3) is 0.657. The zero-order valence-corrected chi connectivity index (χ0v) is 47.4. The molecule has 0 radical (unpaired) electrons. The van der Waals surface area contributed by atoms with E-state index in [0.29, 0.717) is 19.3 Å². The van der Waals surface area contributed by atoms with Gasteiger partial charge in [-0.3, -0.25) is 14.4 Å². The molecule has 0 spiro atoms. The predicted octanol–water partition coefficient (Wildman–Crippen LogP) is 20.4. The minimum absolute atomic E-state index is 0.108. The lowest BCUT2D eigenvalue weighted by molar-refractivity contribution is -0.167. The molecule has 0 heterocycles. The molecule has 0 saturated heterocycles. The SMILES string of the molecule is CCCCC/C=C\C/C=C\C/C=C\C/C=C\CCCCCC(=O)OC[C@@H](COC(=O)CCCCCC/C=C\C/C=C\C/C=C\CCCCC)OC(=O)CCCCCCCC/C=C\C/C=C\C/C=C\CCCCC. The lowest BCUT2D eigenvalue weighted by atomic mass is 10.1. The Morgan fingerprint density at radius 3 is 0.781 bits per heavy atom. The maximum absolute atomic E-state index is 12.9. The summed E-state index contributed by atoms with van der Waals surface area (Å²) in [6, 6.07) is 0. The van der Waals surface area contributed by atoms with Gasteiger partial charge in [-0.25, -0.2) is 0 Å². The van der Waals surface area contributed by atoms with Crippen LogP contribution < -0.4 is 0 Å². The van der Waals surface area contributed by atoms with Crippen molar-refractivity contribution in [3.05, 3.63) is 122 Å². The molecule has 0 aliphatic heterocycles. The van der Waals surface area contributed by atoms with Crippen molar-refractivity contribution >= 4 is 17.9 Å². The Bertz CT molecular complexity index is 1540. The number of ether oxygens (including phenoxy) is 3. The van der Waals surface area contributed by atoms with E-state index in [1.807, 2.05) is 0 Å². The first-order chi connectivity index (χ1) is 36.0. The highest BCUT2D eigenvalue weighted by molar-refractivity contribution is 5.71. The highest BCUT2D eigenvalue weighted by atomic mass is 16.6. The van der Waals surface area contributed by atoms with Crippen molar-refractivity contribution in [2.24, 2.45) is 0 Å². The van der Waals surface area contributed by atoms with Crippen molar-refractivity contribution in [2.45, 2.75) is 271 Å². The van der Waals surface area contributed by atoms with Crippen molar-refractivity contribution < 1.29 is 28.6 Å². The van der Waals surface area contributed by atoms with Gasteiger partial charge in [-0.1, -0.05) is 226 Å². The fourth-order valence-electron chi connectivity index (χ4n) is 7.85. The van der Waals surface area contributed by atoms with Gasteiger partial charge in [0.2, 0.25) is 0 Å². The van der Waals surface area contributed by atoms with Crippen molar-refractivity contribution in [3.8, 4) is 0 Å². The lowest BCUT2D eigenvalue weighted by Gasteiger charge is -2.18. The number of esters is 3. The van der Waals surface area contributed by atoms with Crippen molar-refractivity contribution in [3.63, 3.8) is 0 Å². The highest BCUT2D eigenvalue weighted by Crippen LogP contribution is 2.13. The summed E-state index contributed by atoms with van der Waals surface area (Å²) < 4.78 is 16.8. The first-order valence-electron chi connectivity index (χ1n) is 30.0. The molecule has 0 unspecified atom stereocenters. The van der Waals surface area contributed by atoms with Crippen LogP contribution in [0.15, 0.2) is 122 Å². The van der Waals surface area contributed by atoms with Crippen LogP contribution in [0.3, 0.4) is 0 Å². The number of allylic oxidation sites excluding steroid dienone is 20. The van der Waals surface area contributed by atoms with Gasteiger partial charge >= 0.3 is 17.9 Å². The molecule has 0 rings (SSSR count). The Morgan fingerprint density at radius 2 is 0.493 bits per heavy atom. The summed E-state index contributed by atoms with van der Waals surface area (Å²) >= 11 is 0. The second kappa shape index (κ2) is 60.4. The van der Waals surface area contributed by atoms with Gasteiger partial charge in [0.25, 0.3) is 0 Å². The van der Waals surface area contributed by atoms with Crippen molar-refractivity contribution in [1.82, 2.24) is 0 Å². The topological polar surface area (TPSA) is 78.9 Å². The summed E-state index contributed by atoms with van der Waals surface area (Å²) in [5.41, 5.74) is 0. The van der Waals surface area contributed by atoms with Gasteiger partial charge in [0.05, 0.1) is 0 Å². The van der Waals surface area contributed by atoms with Crippen LogP contribution >= 0.6 is 0 Å². The monoisotopic (exact) mass is 1010 g/mol. The van der Waals surface area contributed by atoms with E-state index >= 15 is 0 Å². The molecule has 0 aromatic carbocycles. The summed E-state index contributed by atoms with van der Waals surface area (Å²) in [5.74, 6) is -0.972. The quantitative estimate of drug-likeness (QED) is 0.0261. The average Bonchev–Trinajstić information content (AvgIpc) is 3.39. The van der Waals surface area contributed by atoms with E-state index in [1.165, 1.54) is 89.9 Å². The molecule has 0 amide bonds. The Labute approximate surface area is 450 Å². The number of unbranched alkanes of at least 4 members (excludes halogenated alkanes) is 22. The van der Waals surface area contributed by atoms with Crippen LogP contribution in [0, 0.1) is 0 Å². The molecule has 6 nitrogen and oxygen atoms in total. The second-order valence-corrected chi connectivity index (χ2v) is 19.5. The number of carbonyl (C=O) groups excluding carboxylic acids is 3. The van der Waals surface area contributed by atoms with Crippen LogP contribution in [-0.2, 0) is 28.6 Å². The normalized spacial score (nSPS) is 13.0. The number of rotatable bonds is 53. The third kappa shape index (κ3) is 58.6. The summed E-state index contributed by atoms with van der Waals surface area (Å²) in [6.07, 6.45) is 83.2. The standard InChI is InChI=1S/C67H110O6/c1-4-7-10-13-16-19-22-25-28-31-33-36-39-42-45-48-51-54-57-60-66(69)72-63-64(62-71-65(68)59-56-53-50-47-44-41-38-35-30-27-24-21-18-15-12-9-6-3)73-67(70)61-58-55-52-49-46-43-40-37-34-32-29-26-23-20-17-14-11-8-5-2/h16-21,25-30,33-34,36-38,41-42,45,64H,4-15,22-24,31-32,35,39-40,43-44,46-63H2,1-3H3/b19-16-,20-17-,21-18-,28-25-,29-26-,30-27-,36-33-,37-34-,41-38-,45-42-/t64-/m1/s1. The molecule has 0 aliphatic rings. The van der Waals surface area contributed by atoms with E-state index in [4.69, 9.17) is 14.2 Å². The van der Waals surface area contributed by atoms with E-state index in [2.05, 4.69) is 142 Å². The minimum Gasteiger partial charge on any atom is -0.462 e. The first-order valence-corrected chi connectivity index (χ1v) is 30.0. The maximum Gasteiger partial charge on any atom is 0.306 e. The van der Waals surface area contributed by atoms with Gasteiger partial charge in [0.15, 0.2) is 6.10 Å². The van der Waals surface area contributed by atoms with Gasteiger partial charge in [-0.15, -0.1) is 0 Å².